The SMILES string of the molecule is CCCn1cc(S(=O)(=O)N(CC)C(C)(C)CN)nc1C. The molecule has 116 valence electrons. The summed E-state index contributed by atoms with van der Waals surface area (Å²) in [6.07, 6.45) is 2.55. The van der Waals surface area contributed by atoms with E-state index in [0.29, 0.717) is 12.4 Å². The number of hydrogen-bond donors (Lipinski definition) is 1. The quantitative estimate of drug-likeness (QED) is 0.824. The Bertz CT molecular complexity index is 549. The molecule has 0 aromatic carbocycles. The van der Waals surface area contributed by atoms with Crippen molar-refractivity contribution in [1.29, 1.82) is 0 Å². The van der Waals surface area contributed by atoms with Gasteiger partial charge in [0.1, 0.15) is 5.82 Å². The number of likely N-dealkylation sites (N-methyl/N-ethyl adjacent to an activating group) is 1. The second-order valence-corrected chi connectivity index (χ2v) is 7.32. The Labute approximate surface area is 122 Å². The van der Waals surface area contributed by atoms with Crippen molar-refractivity contribution >= 4 is 10.0 Å². The zero-order valence-electron chi connectivity index (χ0n) is 13.0. The van der Waals surface area contributed by atoms with Gasteiger partial charge in [0.15, 0.2) is 5.03 Å². The molecule has 1 rings (SSSR count). The minimum absolute atomic E-state index is 0.104. The van der Waals surface area contributed by atoms with E-state index in [2.05, 4.69) is 4.98 Å². The summed E-state index contributed by atoms with van der Waals surface area (Å²) in [5.41, 5.74) is 5.08. The summed E-state index contributed by atoms with van der Waals surface area (Å²) in [7, 11) is -3.62. The van der Waals surface area contributed by atoms with E-state index in [1.165, 1.54) is 4.31 Å². The van der Waals surface area contributed by atoms with Crippen molar-refractivity contribution < 1.29 is 8.42 Å². The van der Waals surface area contributed by atoms with Gasteiger partial charge in [-0.2, -0.15) is 4.31 Å². The first-order chi connectivity index (χ1) is 9.20. The molecule has 0 unspecified atom stereocenters. The summed E-state index contributed by atoms with van der Waals surface area (Å²) in [5.74, 6) is 0.715. The maximum absolute atomic E-state index is 12.7. The molecule has 0 atom stereocenters. The minimum Gasteiger partial charge on any atom is -0.334 e. The Balaban J connectivity index is 3.24. The monoisotopic (exact) mass is 302 g/mol. The van der Waals surface area contributed by atoms with Gasteiger partial charge in [0.25, 0.3) is 10.0 Å². The van der Waals surface area contributed by atoms with Crippen LogP contribution >= 0.6 is 0 Å². The molecule has 0 spiro atoms. The van der Waals surface area contributed by atoms with Crippen molar-refractivity contribution in [3.05, 3.63) is 12.0 Å². The molecule has 0 aliphatic rings. The largest absolute Gasteiger partial charge is 0.334 e. The average Bonchev–Trinajstić information content (AvgIpc) is 2.72. The van der Waals surface area contributed by atoms with E-state index in [1.54, 1.807) is 6.20 Å². The Morgan fingerprint density at radius 3 is 2.45 bits per heavy atom. The zero-order chi connectivity index (χ0) is 15.6. The molecule has 2 N–H and O–H groups in total. The van der Waals surface area contributed by atoms with E-state index in [4.69, 9.17) is 5.73 Å². The standard InChI is InChI=1S/C13H26N4O2S/c1-6-8-16-9-12(15-11(16)3)20(18,19)17(7-2)13(4,5)10-14/h9H,6-8,10,14H2,1-5H3. The molecule has 20 heavy (non-hydrogen) atoms. The maximum Gasteiger partial charge on any atom is 0.262 e. The smallest absolute Gasteiger partial charge is 0.262 e. The highest BCUT2D eigenvalue weighted by Gasteiger charge is 2.36. The van der Waals surface area contributed by atoms with E-state index in [1.807, 2.05) is 39.2 Å². The van der Waals surface area contributed by atoms with E-state index < -0.39 is 15.6 Å². The average molecular weight is 302 g/mol. The molecule has 0 fully saturated rings. The zero-order valence-corrected chi connectivity index (χ0v) is 13.9. The van der Waals surface area contributed by atoms with Crippen LogP contribution in [0.3, 0.4) is 0 Å². The highest BCUT2D eigenvalue weighted by atomic mass is 32.2. The molecule has 1 aromatic rings. The molecule has 0 bridgehead atoms. The van der Waals surface area contributed by atoms with E-state index >= 15 is 0 Å². The third kappa shape index (κ3) is 3.21. The molecule has 6 nitrogen and oxygen atoms in total. The van der Waals surface area contributed by atoms with E-state index in [0.717, 1.165) is 13.0 Å². The van der Waals surface area contributed by atoms with Gasteiger partial charge in [-0.15, -0.1) is 0 Å². The Morgan fingerprint density at radius 2 is 2.00 bits per heavy atom. The van der Waals surface area contributed by atoms with Gasteiger partial charge in [0.2, 0.25) is 0 Å². The van der Waals surface area contributed by atoms with Crippen LogP contribution in [0.1, 0.15) is 39.9 Å². The first kappa shape index (κ1) is 17.1. The molecule has 0 radical (unpaired) electrons. The normalized spacial score (nSPS) is 13.2. The number of hydrogen-bond acceptors (Lipinski definition) is 4. The summed E-state index contributed by atoms with van der Waals surface area (Å²) in [5, 5.41) is 0.104. The molecule has 0 saturated heterocycles. The van der Waals surface area contributed by atoms with Gasteiger partial charge in [-0.1, -0.05) is 13.8 Å². The molecular weight excluding hydrogens is 276 g/mol. The predicted octanol–water partition coefficient (Wildman–Crippen LogP) is 1.35. The Hall–Kier alpha value is -0.920. The number of imidazole rings is 1. The summed E-state index contributed by atoms with van der Waals surface area (Å²) >= 11 is 0. The lowest BCUT2D eigenvalue weighted by Gasteiger charge is -2.35. The van der Waals surface area contributed by atoms with Crippen molar-refractivity contribution in [3.8, 4) is 0 Å². The highest BCUT2D eigenvalue weighted by molar-refractivity contribution is 7.89. The molecule has 7 heteroatoms. The van der Waals surface area contributed by atoms with Gasteiger partial charge in [-0.25, -0.2) is 13.4 Å². The fourth-order valence-electron chi connectivity index (χ4n) is 2.21. The molecule has 0 amide bonds. The second kappa shape index (κ2) is 6.24. The lowest BCUT2D eigenvalue weighted by atomic mass is 10.1. The fraction of sp³-hybridized carbons (Fsp3) is 0.769. The van der Waals surface area contributed by atoms with Crippen LogP contribution in [0.2, 0.25) is 0 Å². The number of rotatable bonds is 7. The number of aryl methyl sites for hydroxylation is 2. The van der Waals surface area contributed by atoms with Crippen LogP contribution in [0.25, 0.3) is 0 Å². The minimum atomic E-state index is -3.62. The van der Waals surface area contributed by atoms with Gasteiger partial charge in [0.05, 0.1) is 0 Å². The molecule has 0 aliphatic carbocycles. The van der Waals surface area contributed by atoms with E-state index in [-0.39, 0.29) is 11.6 Å². The van der Waals surface area contributed by atoms with Gasteiger partial charge < -0.3 is 10.3 Å². The second-order valence-electron chi connectivity index (χ2n) is 5.51. The highest BCUT2D eigenvalue weighted by Crippen LogP contribution is 2.23. The Morgan fingerprint density at radius 1 is 1.40 bits per heavy atom. The van der Waals surface area contributed by atoms with Crippen molar-refractivity contribution in [2.45, 2.75) is 58.1 Å². The first-order valence-electron chi connectivity index (χ1n) is 6.97. The van der Waals surface area contributed by atoms with Crippen LogP contribution in [-0.2, 0) is 16.6 Å². The van der Waals surface area contributed by atoms with Crippen molar-refractivity contribution in [3.63, 3.8) is 0 Å². The number of sulfonamides is 1. The van der Waals surface area contributed by atoms with Crippen LogP contribution in [-0.4, -0.2) is 40.9 Å². The van der Waals surface area contributed by atoms with Crippen LogP contribution in [0.4, 0.5) is 0 Å². The molecule has 0 aliphatic heterocycles. The predicted molar refractivity (Wildman–Crippen MR) is 80.0 cm³/mol. The summed E-state index contributed by atoms with van der Waals surface area (Å²) < 4.78 is 28.8. The van der Waals surface area contributed by atoms with Crippen LogP contribution in [0, 0.1) is 6.92 Å². The molecule has 1 aromatic heterocycles. The molecular formula is C13H26N4O2S. The number of aromatic nitrogens is 2. The number of nitrogens with zero attached hydrogens (tertiary/aromatic N) is 3. The summed E-state index contributed by atoms with van der Waals surface area (Å²) in [6, 6.07) is 0. The van der Waals surface area contributed by atoms with Crippen LogP contribution in [0.15, 0.2) is 11.2 Å². The maximum atomic E-state index is 12.7. The first-order valence-corrected chi connectivity index (χ1v) is 8.41. The van der Waals surface area contributed by atoms with Crippen molar-refractivity contribution in [2.24, 2.45) is 5.73 Å². The van der Waals surface area contributed by atoms with Gasteiger partial charge in [-0.3, -0.25) is 0 Å². The van der Waals surface area contributed by atoms with Crippen molar-refractivity contribution in [2.75, 3.05) is 13.1 Å². The lowest BCUT2D eigenvalue weighted by Crippen LogP contribution is -2.52. The van der Waals surface area contributed by atoms with E-state index in [9.17, 15) is 8.42 Å². The lowest BCUT2D eigenvalue weighted by molar-refractivity contribution is 0.243. The third-order valence-electron chi connectivity index (χ3n) is 3.43. The molecule has 0 saturated carbocycles. The van der Waals surface area contributed by atoms with Crippen LogP contribution in [0.5, 0.6) is 0 Å². The van der Waals surface area contributed by atoms with Gasteiger partial charge >= 0.3 is 0 Å². The summed E-state index contributed by atoms with van der Waals surface area (Å²) in [4.78, 5) is 4.21. The summed E-state index contributed by atoms with van der Waals surface area (Å²) in [6.45, 7) is 10.7. The Kier molecular flexibility index (Phi) is 5.34. The van der Waals surface area contributed by atoms with Crippen LogP contribution < -0.4 is 5.73 Å². The number of nitrogens with two attached hydrogens (primary N) is 1. The fourth-order valence-corrected chi connectivity index (χ4v) is 4.01. The third-order valence-corrected chi connectivity index (χ3v) is 5.49. The van der Waals surface area contributed by atoms with Crippen molar-refractivity contribution in [1.82, 2.24) is 13.9 Å². The molecule has 1 heterocycles. The van der Waals surface area contributed by atoms with Gasteiger partial charge in [0, 0.05) is 31.4 Å². The topological polar surface area (TPSA) is 81.2 Å². The van der Waals surface area contributed by atoms with Gasteiger partial charge in [-0.05, 0) is 27.2 Å².